The minimum atomic E-state index is -8.08. The monoisotopic (exact) mass is 722 g/mol. The fourth-order valence-corrected chi connectivity index (χ4v) is 4.08. The predicted octanol–water partition coefficient (Wildman–Crippen LogP) is 11.2. The lowest BCUT2D eigenvalue weighted by Crippen LogP contribution is -2.70. The summed E-state index contributed by atoms with van der Waals surface area (Å²) >= 11 is 5.57. The van der Waals surface area contributed by atoms with Gasteiger partial charge in [0.1, 0.15) is 17.2 Å². The second-order valence-electron chi connectivity index (χ2n) is 10.2. The fraction of sp³-hybridized carbons (Fsp3) is 0.552. The van der Waals surface area contributed by atoms with Crippen molar-refractivity contribution in [2.75, 3.05) is 6.61 Å². The van der Waals surface area contributed by atoms with Crippen LogP contribution in [-0.2, 0) is 0 Å². The molecule has 0 aliphatic carbocycles. The smallest absolute Gasteiger partial charge is 0.471 e. The van der Waals surface area contributed by atoms with Crippen LogP contribution in [0.1, 0.15) is 68.6 Å². The molecule has 0 saturated carbocycles. The summed E-state index contributed by atoms with van der Waals surface area (Å²) in [5, 5.41) is -1.20. The largest absolute Gasteiger partial charge is 0.494 e. The van der Waals surface area contributed by atoms with Crippen LogP contribution in [0.3, 0.4) is 0 Å². The number of hydrogen-bond acceptors (Lipinski definition) is 4. The number of esters is 1. The molecule has 2 aromatic rings. The van der Waals surface area contributed by atoms with Gasteiger partial charge in [-0.05, 0) is 48.9 Å². The van der Waals surface area contributed by atoms with E-state index in [1.807, 2.05) is 0 Å². The maximum absolute atomic E-state index is 14.1. The van der Waals surface area contributed by atoms with Crippen LogP contribution in [0.4, 0.5) is 57.1 Å². The Morgan fingerprint density at radius 3 is 1.64 bits per heavy atom. The maximum atomic E-state index is 14.1. The molecule has 0 radical (unpaired) electrons. The van der Waals surface area contributed by atoms with Crippen molar-refractivity contribution in [1.29, 1.82) is 0 Å². The average molecular weight is 723 g/mol. The highest BCUT2D eigenvalue weighted by Gasteiger charge is 2.91. The van der Waals surface area contributed by atoms with Crippen molar-refractivity contribution in [2.45, 2.75) is 94.3 Å². The minimum Gasteiger partial charge on any atom is -0.494 e. The first kappa shape index (κ1) is 40.1. The van der Waals surface area contributed by atoms with Crippen molar-refractivity contribution >= 4 is 17.6 Å². The summed E-state index contributed by atoms with van der Waals surface area (Å²) in [6.45, 7) is 2.57. The van der Waals surface area contributed by atoms with Crippen molar-refractivity contribution in [3.05, 3.63) is 53.1 Å². The van der Waals surface area contributed by atoms with E-state index < -0.39 is 58.3 Å². The predicted molar refractivity (Wildman–Crippen MR) is 142 cm³/mol. The summed E-state index contributed by atoms with van der Waals surface area (Å²) in [5.41, 5.74) is -0.561. The zero-order valence-corrected chi connectivity index (χ0v) is 25.1. The number of carbonyl (C=O) groups is 1. The highest BCUT2D eigenvalue weighted by molar-refractivity contribution is 6.32. The summed E-state index contributed by atoms with van der Waals surface area (Å²) in [4.78, 5) is 12.4. The lowest BCUT2D eigenvalue weighted by Gasteiger charge is -2.39. The van der Waals surface area contributed by atoms with E-state index in [2.05, 4.69) is 11.7 Å². The van der Waals surface area contributed by atoms with Crippen LogP contribution in [0.25, 0.3) is 0 Å². The van der Waals surface area contributed by atoms with Gasteiger partial charge in [-0.2, -0.15) is 57.1 Å². The van der Waals surface area contributed by atoms with Crippen LogP contribution < -0.4 is 14.2 Å². The minimum absolute atomic E-state index is 0.0594. The van der Waals surface area contributed by atoms with Gasteiger partial charge in [0.05, 0.1) is 17.2 Å². The number of unbranched alkanes of at least 4 members (excludes halogenated alkanes) is 7. The lowest BCUT2D eigenvalue weighted by atomic mass is 9.97. The quantitative estimate of drug-likeness (QED) is 0.0665. The molecule has 47 heavy (non-hydrogen) atoms. The third kappa shape index (κ3) is 9.08. The van der Waals surface area contributed by atoms with Crippen LogP contribution in [0.15, 0.2) is 42.5 Å². The Labute approximate surface area is 265 Å². The van der Waals surface area contributed by atoms with Gasteiger partial charge in [0, 0.05) is 0 Å². The van der Waals surface area contributed by atoms with Gasteiger partial charge in [-0.1, -0.05) is 63.5 Å². The number of ether oxygens (including phenoxy) is 3. The Morgan fingerprint density at radius 1 is 0.638 bits per heavy atom. The van der Waals surface area contributed by atoms with Crippen LogP contribution in [0.2, 0.25) is 5.02 Å². The molecular weight excluding hydrogens is 695 g/mol. The summed E-state index contributed by atoms with van der Waals surface area (Å²) in [6.07, 6.45) is -5.60. The topological polar surface area (TPSA) is 44.8 Å². The third-order valence-electron chi connectivity index (χ3n) is 6.61. The highest BCUT2D eigenvalue weighted by atomic mass is 35.5. The van der Waals surface area contributed by atoms with Crippen LogP contribution in [-0.4, -0.2) is 48.6 Å². The molecule has 0 heterocycles. The van der Waals surface area contributed by atoms with Crippen molar-refractivity contribution < 1.29 is 76.1 Å². The molecule has 0 spiro atoms. The number of halogens is 14. The summed E-state index contributed by atoms with van der Waals surface area (Å²) in [7, 11) is 0. The van der Waals surface area contributed by atoms with E-state index >= 15 is 0 Å². The van der Waals surface area contributed by atoms with Crippen molar-refractivity contribution in [2.24, 2.45) is 0 Å². The van der Waals surface area contributed by atoms with Gasteiger partial charge in [-0.15, -0.1) is 0 Å². The van der Waals surface area contributed by atoms with Crippen molar-refractivity contribution in [3.63, 3.8) is 0 Å². The Morgan fingerprint density at radius 2 is 1.13 bits per heavy atom. The zero-order valence-electron chi connectivity index (χ0n) is 24.3. The molecule has 0 bridgehead atoms. The van der Waals surface area contributed by atoms with E-state index in [0.29, 0.717) is 24.5 Å². The second kappa shape index (κ2) is 15.4. The van der Waals surface area contributed by atoms with E-state index in [4.69, 9.17) is 21.1 Å². The van der Waals surface area contributed by atoms with Gasteiger partial charge in [0.2, 0.25) is 0 Å². The van der Waals surface area contributed by atoms with E-state index in [9.17, 15) is 61.9 Å². The normalized spacial score (nSPS) is 13.4. The van der Waals surface area contributed by atoms with Gasteiger partial charge < -0.3 is 14.2 Å². The summed E-state index contributed by atoms with van der Waals surface area (Å²) < 4.78 is 187. The Bertz CT molecular complexity index is 1320. The van der Waals surface area contributed by atoms with Gasteiger partial charge in [-0.25, -0.2) is 4.79 Å². The van der Waals surface area contributed by atoms with Gasteiger partial charge >= 0.3 is 41.9 Å². The second-order valence-corrected chi connectivity index (χ2v) is 10.7. The number of hydrogen-bond donors (Lipinski definition) is 0. The van der Waals surface area contributed by atoms with Gasteiger partial charge in [0.15, 0.2) is 0 Å². The van der Waals surface area contributed by atoms with E-state index in [0.717, 1.165) is 25.7 Å². The molecule has 0 fully saturated rings. The first-order valence-electron chi connectivity index (χ1n) is 13.9. The molecule has 0 N–H and O–H groups in total. The van der Waals surface area contributed by atoms with E-state index in [1.165, 1.54) is 49.9 Å². The lowest BCUT2D eigenvalue weighted by molar-refractivity contribution is -0.456. The summed E-state index contributed by atoms with van der Waals surface area (Å²) in [6, 6.07) is 6.74. The molecular formula is C29H28ClF13O4. The molecule has 2 rings (SSSR count). The third-order valence-corrected chi connectivity index (χ3v) is 6.91. The van der Waals surface area contributed by atoms with Crippen LogP contribution >= 0.6 is 11.6 Å². The summed E-state index contributed by atoms with van der Waals surface area (Å²) in [5.74, 6) is -34.2. The highest BCUT2D eigenvalue weighted by Crippen LogP contribution is 2.60. The first-order valence-corrected chi connectivity index (χ1v) is 14.3. The molecule has 2 aromatic carbocycles. The van der Waals surface area contributed by atoms with E-state index in [-0.39, 0.29) is 11.8 Å². The standard InChI is InChI=1S/C29H28ClF13O4/c1-2-3-4-5-6-7-8-9-16-45-19-11-13-20(14-12-19)46-23(44)18-10-15-22(21(30)17-18)47-29(42,43)27(37,38)25(33,34)24(31,32)26(35,36)28(39,40)41/h10-15,17H,2-9,16H2,1H3. The molecule has 4 nitrogen and oxygen atoms in total. The Hall–Kier alpha value is -3.11. The number of carbonyl (C=O) groups excluding carboxylic acids is 1. The fourth-order valence-electron chi connectivity index (χ4n) is 3.86. The molecule has 266 valence electrons. The van der Waals surface area contributed by atoms with E-state index in [1.54, 1.807) is 0 Å². The van der Waals surface area contributed by atoms with Crippen molar-refractivity contribution in [1.82, 2.24) is 0 Å². The molecule has 0 aliphatic heterocycles. The number of benzene rings is 2. The SMILES string of the molecule is CCCCCCCCCCOc1ccc(OC(=O)c2ccc(OC(F)(F)C(F)(F)C(F)(F)C(F)(F)C(F)(F)C(F)(F)F)c(Cl)c2)cc1. The molecule has 0 amide bonds. The Kier molecular flexibility index (Phi) is 13.1. The van der Waals surface area contributed by atoms with Crippen molar-refractivity contribution in [3.8, 4) is 17.2 Å². The van der Waals surface area contributed by atoms with Gasteiger partial charge in [0.25, 0.3) is 0 Å². The Balaban J connectivity index is 2.04. The molecule has 0 aliphatic rings. The molecule has 0 atom stereocenters. The molecule has 0 saturated heterocycles. The maximum Gasteiger partial charge on any atom is 0.471 e. The number of alkyl halides is 13. The molecule has 0 aromatic heterocycles. The zero-order chi connectivity index (χ0) is 35.9. The first-order chi connectivity index (χ1) is 21.5. The van der Waals surface area contributed by atoms with Gasteiger partial charge in [-0.3, -0.25) is 0 Å². The van der Waals surface area contributed by atoms with Crippen LogP contribution in [0, 0.1) is 0 Å². The number of rotatable bonds is 18. The average Bonchev–Trinajstić information content (AvgIpc) is 2.97. The van der Waals surface area contributed by atoms with Crippen LogP contribution in [0.5, 0.6) is 17.2 Å². The molecule has 18 heteroatoms. The molecule has 0 unspecified atom stereocenters.